The van der Waals surface area contributed by atoms with Crippen LogP contribution in [-0.4, -0.2) is 40.3 Å². The predicted octanol–water partition coefficient (Wildman–Crippen LogP) is 3.33. The van der Waals surface area contributed by atoms with Gasteiger partial charge in [0, 0.05) is 24.0 Å². The Labute approximate surface area is 144 Å². The number of fused-ring (bicyclic) bond motifs is 2. The molecule has 1 aliphatic rings. The first-order valence-corrected chi connectivity index (χ1v) is 8.96. The van der Waals surface area contributed by atoms with Gasteiger partial charge in [0.25, 0.3) is 5.91 Å². The van der Waals surface area contributed by atoms with E-state index in [9.17, 15) is 4.79 Å². The Morgan fingerprint density at radius 1 is 1.38 bits per heavy atom. The highest BCUT2D eigenvalue weighted by Gasteiger charge is 2.29. The second kappa shape index (κ2) is 6.37. The molecule has 3 heterocycles. The summed E-state index contributed by atoms with van der Waals surface area (Å²) in [5.41, 5.74) is 1.06. The Bertz CT molecular complexity index is 837. The highest BCUT2D eigenvalue weighted by Crippen LogP contribution is 2.28. The van der Waals surface area contributed by atoms with E-state index in [1.807, 2.05) is 46.8 Å². The van der Waals surface area contributed by atoms with Crippen molar-refractivity contribution in [3.05, 3.63) is 53.2 Å². The van der Waals surface area contributed by atoms with E-state index in [0.29, 0.717) is 26.3 Å². The van der Waals surface area contributed by atoms with Crippen LogP contribution < -0.4 is 0 Å². The van der Waals surface area contributed by atoms with Crippen molar-refractivity contribution in [2.24, 2.45) is 0 Å². The number of carbonyl (C=O) groups excluding carboxylic acids is 1. The van der Waals surface area contributed by atoms with Crippen LogP contribution in [0.15, 0.2) is 42.6 Å². The van der Waals surface area contributed by atoms with Crippen LogP contribution >= 0.6 is 11.3 Å². The van der Waals surface area contributed by atoms with E-state index in [-0.39, 0.29) is 11.9 Å². The molecule has 0 saturated heterocycles. The number of amides is 1. The van der Waals surface area contributed by atoms with Crippen molar-refractivity contribution >= 4 is 27.3 Å². The predicted molar refractivity (Wildman–Crippen MR) is 94.3 cm³/mol. The lowest BCUT2D eigenvalue weighted by Crippen LogP contribution is -2.42. The molecule has 1 atom stereocenters. The smallest absolute Gasteiger partial charge is 0.264 e. The van der Waals surface area contributed by atoms with Gasteiger partial charge in [-0.3, -0.25) is 9.48 Å². The Morgan fingerprint density at radius 2 is 2.25 bits per heavy atom. The number of benzene rings is 1. The molecular formula is C18H19N3O2S. The van der Waals surface area contributed by atoms with E-state index < -0.39 is 0 Å². The second-order valence-electron chi connectivity index (χ2n) is 5.91. The van der Waals surface area contributed by atoms with Gasteiger partial charge in [-0.25, -0.2) is 0 Å². The molecule has 0 fully saturated rings. The quantitative estimate of drug-likeness (QED) is 0.731. The molecule has 0 N–H and O–H groups in total. The third-order valence-corrected chi connectivity index (χ3v) is 5.42. The summed E-state index contributed by atoms with van der Waals surface area (Å²) in [6, 6.07) is 12.1. The topological polar surface area (TPSA) is 47.4 Å². The lowest BCUT2D eigenvalue weighted by molar-refractivity contribution is 0.0520. The van der Waals surface area contributed by atoms with E-state index in [4.69, 9.17) is 4.74 Å². The summed E-state index contributed by atoms with van der Waals surface area (Å²) in [6.07, 6.45) is 1.79. The molecule has 4 rings (SSSR count). The van der Waals surface area contributed by atoms with E-state index in [0.717, 1.165) is 20.7 Å². The van der Waals surface area contributed by atoms with Gasteiger partial charge in [-0.2, -0.15) is 5.10 Å². The lowest BCUT2D eigenvalue weighted by atomic mass is 10.2. The highest BCUT2D eigenvalue weighted by atomic mass is 32.1. The summed E-state index contributed by atoms with van der Waals surface area (Å²) < 4.78 is 8.72. The zero-order valence-corrected chi connectivity index (χ0v) is 14.3. The molecule has 24 heavy (non-hydrogen) atoms. The number of hydrogen-bond acceptors (Lipinski definition) is 4. The summed E-state index contributed by atoms with van der Waals surface area (Å²) in [5.74, 6) is 0.0881. The fraction of sp³-hybridized carbons (Fsp3) is 0.333. The molecule has 124 valence electrons. The Morgan fingerprint density at radius 3 is 3.08 bits per heavy atom. The zero-order valence-electron chi connectivity index (χ0n) is 13.5. The summed E-state index contributed by atoms with van der Waals surface area (Å²) in [7, 11) is 0. The summed E-state index contributed by atoms with van der Waals surface area (Å²) >= 11 is 1.56. The fourth-order valence-electron chi connectivity index (χ4n) is 3.16. The van der Waals surface area contributed by atoms with E-state index in [2.05, 4.69) is 11.2 Å². The first-order chi connectivity index (χ1) is 11.8. The summed E-state index contributed by atoms with van der Waals surface area (Å²) in [4.78, 5) is 15.7. The zero-order chi connectivity index (χ0) is 16.5. The molecule has 0 unspecified atom stereocenters. The maximum Gasteiger partial charge on any atom is 0.264 e. The van der Waals surface area contributed by atoms with Gasteiger partial charge in [-0.05, 0) is 30.5 Å². The minimum atomic E-state index is 0.0713. The Hall–Kier alpha value is -2.18. The molecule has 5 nitrogen and oxygen atoms in total. The van der Waals surface area contributed by atoms with Gasteiger partial charge in [0.05, 0.1) is 29.8 Å². The molecule has 3 aromatic rings. The molecule has 0 bridgehead atoms. The molecule has 0 radical (unpaired) electrons. The number of thiophene rings is 1. The summed E-state index contributed by atoms with van der Waals surface area (Å²) in [6.45, 7) is 4.43. The lowest BCUT2D eigenvalue weighted by Gasteiger charge is -2.33. The van der Waals surface area contributed by atoms with Crippen molar-refractivity contribution in [3.63, 3.8) is 0 Å². The van der Waals surface area contributed by atoms with Gasteiger partial charge in [-0.15, -0.1) is 11.3 Å². The van der Waals surface area contributed by atoms with Crippen LogP contribution in [0.2, 0.25) is 0 Å². The highest BCUT2D eigenvalue weighted by molar-refractivity contribution is 7.20. The van der Waals surface area contributed by atoms with Crippen molar-refractivity contribution in [1.29, 1.82) is 0 Å². The van der Waals surface area contributed by atoms with Crippen LogP contribution in [0.1, 0.15) is 28.3 Å². The number of ether oxygens (including phenoxy) is 1. The molecule has 0 saturated carbocycles. The minimum absolute atomic E-state index is 0.0713. The van der Waals surface area contributed by atoms with Crippen molar-refractivity contribution in [2.45, 2.75) is 19.5 Å². The third kappa shape index (κ3) is 2.72. The van der Waals surface area contributed by atoms with Gasteiger partial charge in [-0.1, -0.05) is 18.2 Å². The van der Waals surface area contributed by atoms with Crippen LogP contribution in [0.5, 0.6) is 0 Å². The van der Waals surface area contributed by atoms with Crippen molar-refractivity contribution < 1.29 is 9.53 Å². The molecule has 1 aromatic carbocycles. The maximum atomic E-state index is 13.0. The van der Waals surface area contributed by atoms with Gasteiger partial charge in [0.1, 0.15) is 0 Å². The first-order valence-electron chi connectivity index (χ1n) is 8.14. The fourth-order valence-corrected chi connectivity index (χ4v) is 4.19. The monoisotopic (exact) mass is 341 g/mol. The Balaban J connectivity index is 1.60. The molecule has 1 aliphatic heterocycles. The van der Waals surface area contributed by atoms with Gasteiger partial charge in [0.15, 0.2) is 0 Å². The van der Waals surface area contributed by atoms with Crippen LogP contribution in [0.4, 0.5) is 0 Å². The third-order valence-electron chi connectivity index (χ3n) is 4.32. The first kappa shape index (κ1) is 15.4. The number of hydrogen-bond donors (Lipinski definition) is 0. The van der Waals surface area contributed by atoms with Gasteiger partial charge >= 0.3 is 0 Å². The SMILES string of the molecule is CCOC[C@@H]1CN(C(=O)c2cc3ccccc3s2)Cc2ccnn21. The van der Waals surface area contributed by atoms with E-state index in [1.54, 1.807) is 17.5 Å². The largest absolute Gasteiger partial charge is 0.379 e. The molecule has 0 spiro atoms. The average Bonchev–Trinajstić information content (AvgIpc) is 3.25. The molecular weight excluding hydrogens is 322 g/mol. The van der Waals surface area contributed by atoms with E-state index in [1.165, 1.54) is 0 Å². The number of aromatic nitrogens is 2. The number of rotatable bonds is 4. The molecule has 0 aliphatic carbocycles. The number of carbonyl (C=O) groups is 1. The Kier molecular flexibility index (Phi) is 4.08. The van der Waals surface area contributed by atoms with Crippen LogP contribution in [0.3, 0.4) is 0 Å². The van der Waals surface area contributed by atoms with Crippen molar-refractivity contribution in [2.75, 3.05) is 19.8 Å². The average molecular weight is 341 g/mol. The van der Waals surface area contributed by atoms with E-state index >= 15 is 0 Å². The minimum Gasteiger partial charge on any atom is -0.379 e. The van der Waals surface area contributed by atoms with Gasteiger partial charge < -0.3 is 9.64 Å². The van der Waals surface area contributed by atoms with Crippen LogP contribution in [0.25, 0.3) is 10.1 Å². The molecule has 1 amide bonds. The normalized spacial score (nSPS) is 17.2. The second-order valence-corrected chi connectivity index (χ2v) is 7.00. The van der Waals surface area contributed by atoms with Crippen molar-refractivity contribution in [3.8, 4) is 0 Å². The van der Waals surface area contributed by atoms with Gasteiger partial charge in [0.2, 0.25) is 0 Å². The van der Waals surface area contributed by atoms with Crippen LogP contribution in [0, 0.1) is 0 Å². The van der Waals surface area contributed by atoms with Crippen molar-refractivity contribution in [1.82, 2.24) is 14.7 Å². The molecule has 2 aromatic heterocycles. The summed E-state index contributed by atoms with van der Waals surface area (Å²) in [5, 5.41) is 5.52. The standard InChI is InChI=1S/C18H19N3O2S/c1-2-23-12-15-11-20(10-14-7-8-19-21(14)15)18(22)17-9-13-5-3-4-6-16(13)24-17/h3-9,15H,2,10-12H2,1H3/t15-/m0/s1. The van der Waals surface area contributed by atoms with Crippen LogP contribution in [-0.2, 0) is 11.3 Å². The number of nitrogens with zero attached hydrogens (tertiary/aromatic N) is 3. The molecule has 6 heteroatoms. The maximum absolute atomic E-state index is 13.0.